The molecule has 1 heterocycles. The lowest BCUT2D eigenvalue weighted by atomic mass is 10.1. The Bertz CT molecular complexity index is 758. The molecule has 3 aromatic rings. The van der Waals surface area contributed by atoms with Crippen LogP contribution in [-0.2, 0) is 0 Å². The molecule has 1 N–H and O–H groups in total. The lowest BCUT2D eigenvalue weighted by Gasteiger charge is -2.08. The van der Waals surface area contributed by atoms with Crippen LogP contribution in [0.5, 0.6) is 11.5 Å². The molecule has 4 heteroatoms. The molecule has 0 spiro atoms. The number of methoxy groups -OCH3 is 1. The molecule has 0 radical (unpaired) electrons. The van der Waals surface area contributed by atoms with Gasteiger partial charge in [0.1, 0.15) is 16.5 Å². The van der Waals surface area contributed by atoms with Crippen molar-refractivity contribution in [1.29, 1.82) is 0 Å². The number of nitrogens with zero attached hydrogens (tertiary/aromatic N) is 1. The zero-order valence-electron chi connectivity index (χ0n) is 10.9. The van der Waals surface area contributed by atoms with Gasteiger partial charge in [-0.25, -0.2) is 4.98 Å². The number of phenols is 1. The van der Waals surface area contributed by atoms with Crippen LogP contribution in [0.4, 0.5) is 0 Å². The summed E-state index contributed by atoms with van der Waals surface area (Å²) in [6, 6.07) is 15.0. The molecule has 0 atom stereocenters. The summed E-state index contributed by atoms with van der Waals surface area (Å²) in [7, 11) is 1.66. The predicted molar refractivity (Wildman–Crippen MR) is 80.5 cm³/mol. The van der Waals surface area contributed by atoms with Crippen LogP contribution < -0.4 is 4.74 Å². The van der Waals surface area contributed by atoms with E-state index in [0.717, 1.165) is 26.4 Å². The maximum absolute atomic E-state index is 9.53. The fourth-order valence-corrected chi connectivity index (χ4v) is 3.02. The summed E-state index contributed by atoms with van der Waals surface area (Å²) in [4.78, 5) is 5.38. The smallest absolute Gasteiger partial charge is 0.126 e. The number of rotatable bonds is 3. The normalized spacial score (nSPS) is 10.7. The second-order valence-electron chi connectivity index (χ2n) is 4.27. The molecule has 3 nitrogen and oxygen atoms in total. The van der Waals surface area contributed by atoms with Gasteiger partial charge in [-0.15, -0.1) is 0 Å². The van der Waals surface area contributed by atoms with E-state index < -0.39 is 0 Å². The molecule has 0 aliphatic heterocycles. The topological polar surface area (TPSA) is 42.4 Å². The fraction of sp³-hybridized carbons (Fsp3) is 0.0625. The van der Waals surface area contributed by atoms with E-state index in [-0.39, 0.29) is 5.75 Å². The molecular weight excluding hydrogens is 270 g/mol. The van der Waals surface area contributed by atoms with Gasteiger partial charge in [0, 0.05) is 21.9 Å². The molecule has 3 rings (SSSR count). The molecule has 0 amide bonds. The molecule has 0 saturated carbocycles. The fourth-order valence-electron chi connectivity index (χ4n) is 2.07. The van der Waals surface area contributed by atoms with Crippen LogP contribution in [0.3, 0.4) is 0 Å². The highest BCUT2D eigenvalue weighted by molar-refractivity contribution is 7.99. The van der Waals surface area contributed by atoms with E-state index in [4.69, 9.17) is 4.74 Å². The third-order valence-corrected chi connectivity index (χ3v) is 3.99. The molecule has 0 fully saturated rings. The van der Waals surface area contributed by atoms with Crippen molar-refractivity contribution in [3.05, 3.63) is 54.7 Å². The average Bonchev–Trinajstić information content (AvgIpc) is 2.47. The highest BCUT2D eigenvalue weighted by Gasteiger charge is 2.08. The Morgan fingerprint density at radius 3 is 2.70 bits per heavy atom. The van der Waals surface area contributed by atoms with Gasteiger partial charge in [0.15, 0.2) is 0 Å². The molecule has 2 aromatic carbocycles. The zero-order valence-corrected chi connectivity index (χ0v) is 11.7. The second-order valence-corrected chi connectivity index (χ2v) is 5.33. The molecule has 1 aromatic heterocycles. The van der Waals surface area contributed by atoms with E-state index in [0.29, 0.717) is 0 Å². The minimum atomic E-state index is 0.257. The van der Waals surface area contributed by atoms with E-state index >= 15 is 0 Å². The van der Waals surface area contributed by atoms with E-state index in [1.165, 1.54) is 11.8 Å². The van der Waals surface area contributed by atoms with E-state index in [9.17, 15) is 5.11 Å². The number of aromatic nitrogens is 1. The highest BCUT2D eigenvalue weighted by Crippen LogP contribution is 2.35. The molecular formula is C16H13NO2S. The number of benzene rings is 2. The average molecular weight is 283 g/mol. The second kappa shape index (κ2) is 5.43. The first-order valence-electron chi connectivity index (χ1n) is 6.16. The van der Waals surface area contributed by atoms with Gasteiger partial charge in [0.25, 0.3) is 0 Å². The lowest BCUT2D eigenvalue weighted by Crippen LogP contribution is -1.88. The van der Waals surface area contributed by atoms with Gasteiger partial charge in [-0.1, -0.05) is 30.0 Å². The number of hydrogen-bond acceptors (Lipinski definition) is 4. The van der Waals surface area contributed by atoms with Gasteiger partial charge in [0.05, 0.1) is 7.11 Å². The van der Waals surface area contributed by atoms with Crippen molar-refractivity contribution in [1.82, 2.24) is 4.98 Å². The first-order chi connectivity index (χ1) is 9.78. The van der Waals surface area contributed by atoms with Crippen LogP contribution in [0.25, 0.3) is 10.8 Å². The van der Waals surface area contributed by atoms with Crippen LogP contribution in [0, 0.1) is 0 Å². The number of aromatic hydroxyl groups is 1. The summed E-state index contributed by atoms with van der Waals surface area (Å²) in [6.07, 6.45) is 1.77. The summed E-state index contributed by atoms with van der Waals surface area (Å²) in [5.74, 6) is 1.09. The third kappa shape index (κ3) is 2.42. The van der Waals surface area contributed by atoms with Crippen molar-refractivity contribution < 1.29 is 9.84 Å². The van der Waals surface area contributed by atoms with E-state index in [1.54, 1.807) is 25.4 Å². The van der Waals surface area contributed by atoms with Crippen molar-refractivity contribution in [3.8, 4) is 11.5 Å². The molecule has 20 heavy (non-hydrogen) atoms. The zero-order chi connectivity index (χ0) is 13.9. The predicted octanol–water partition coefficient (Wildman–Crippen LogP) is 4.10. The SMILES string of the molecule is COc1cccc2c(Sc3cccc(O)c3)nccc12. The summed E-state index contributed by atoms with van der Waals surface area (Å²) >= 11 is 1.52. The Labute approximate surface area is 121 Å². The quantitative estimate of drug-likeness (QED) is 0.786. The lowest BCUT2D eigenvalue weighted by molar-refractivity contribution is 0.419. The van der Waals surface area contributed by atoms with Gasteiger partial charge < -0.3 is 9.84 Å². The highest BCUT2D eigenvalue weighted by atomic mass is 32.2. The number of hydrogen-bond donors (Lipinski definition) is 1. The first kappa shape index (κ1) is 12.8. The number of phenolic OH excluding ortho intramolecular Hbond substituents is 1. The molecule has 100 valence electrons. The first-order valence-corrected chi connectivity index (χ1v) is 6.98. The van der Waals surface area contributed by atoms with Crippen LogP contribution in [0.15, 0.2) is 64.6 Å². The Morgan fingerprint density at radius 2 is 1.90 bits per heavy atom. The van der Waals surface area contributed by atoms with Crippen molar-refractivity contribution >= 4 is 22.5 Å². The number of ether oxygens (including phenoxy) is 1. The van der Waals surface area contributed by atoms with Crippen molar-refractivity contribution in [2.24, 2.45) is 0 Å². The molecule has 0 unspecified atom stereocenters. The van der Waals surface area contributed by atoms with Gasteiger partial charge in [-0.2, -0.15) is 0 Å². The minimum absolute atomic E-state index is 0.257. The summed E-state index contributed by atoms with van der Waals surface area (Å²) in [5.41, 5.74) is 0. The summed E-state index contributed by atoms with van der Waals surface area (Å²) in [5, 5.41) is 12.5. The van der Waals surface area contributed by atoms with Gasteiger partial charge >= 0.3 is 0 Å². The molecule has 0 saturated heterocycles. The Hall–Kier alpha value is -2.20. The van der Waals surface area contributed by atoms with E-state index in [1.807, 2.05) is 36.4 Å². The Morgan fingerprint density at radius 1 is 1.05 bits per heavy atom. The third-order valence-electron chi connectivity index (χ3n) is 2.98. The van der Waals surface area contributed by atoms with Crippen LogP contribution in [0.1, 0.15) is 0 Å². The Balaban J connectivity index is 2.08. The monoisotopic (exact) mass is 283 g/mol. The van der Waals surface area contributed by atoms with Crippen molar-refractivity contribution in [2.45, 2.75) is 9.92 Å². The number of fused-ring (bicyclic) bond motifs is 1. The number of pyridine rings is 1. The van der Waals surface area contributed by atoms with Gasteiger partial charge in [-0.3, -0.25) is 0 Å². The van der Waals surface area contributed by atoms with Crippen molar-refractivity contribution in [2.75, 3.05) is 7.11 Å². The summed E-state index contributed by atoms with van der Waals surface area (Å²) in [6.45, 7) is 0. The molecule has 0 bridgehead atoms. The largest absolute Gasteiger partial charge is 0.508 e. The standard InChI is InChI=1S/C16H13NO2S/c1-19-15-7-3-6-14-13(15)8-9-17-16(14)20-12-5-2-4-11(18)10-12/h2-10,18H,1H3. The summed E-state index contributed by atoms with van der Waals surface area (Å²) < 4.78 is 5.37. The molecule has 0 aliphatic carbocycles. The van der Waals surface area contributed by atoms with Gasteiger partial charge in [-0.05, 0) is 30.3 Å². The van der Waals surface area contributed by atoms with Crippen LogP contribution in [0.2, 0.25) is 0 Å². The maximum Gasteiger partial charge on any atom is 0.126 e. The minimum Gasteiger partial charge on any atom is -0.508 e. The van der Waals surface area contributed by atoms with Crippen molar-refractivity contribution in [3.63, 3.8) is 0 Å². The maximum atomic E-state index is 9.53. The van der Waals surface area contributed by atoms with E-state index in [2.05, 4.69) is 4.98 Å². The van der Waals surface area contributed by atoms with Gasteiger partial charge in [0.2, 0.25) is 0 Å². The molecule has 0 aliphatic rings. The van der Waals surface area contributed by atoms with Crippen LogP contribution in [-0.4, -0.2) is 17.2 Å². The Kier molecular flexibility index (Phi) is 3.48. The van der Waals surface area contributed by atoms with Crippen LogP contribution >= 0.6 is 11.8 Å².